The Bertz CT molecular complexity index is 297. The Morgan fingerprint density at radius 3 is 3.55 bits per heavy atom. The molecule has 2 unspecified atom stereocenters. The van der Waals surface area contributed by atoms with E-state index in [4.69, 9.17) is 4.74 Å². The number of hydrogen-bond donors (Lipinski definition) is 0. The summed E-state index contributed by atoms with van der Waals surface area (Å²) in [6.45, 7) is 0. The Kier molecular flexibility index (Phi) is 0.950. The highest BCUT2D eigenvalue weighted by atomic mass is 16.6. The van der Waals surface area contributed by atoms with Gasteiger partial charge in [0.25, 0.3) is 0 Å². The SMILES string of the molecule is c1cnc2c(c1)C1OC1CC2. The number of fused-ring (bicyclic) bond motifs is 3. The smallest absolute Gasteiger partial charge is 0.111 e. The molecule has 2 heteroatoms. The Morgan fingerprint density at radius 1 is 1.55 bits per heavy atom. The summed E-state index contributed by atoms with van der Waals surface area (Å²) >= 11 is 0. The molecule has 56 valence electrons. The maximum absolute atomic E-state index is 5.46. The van der Waals surface area contributed by atoms with E-state index in [1.54, 1.807) is 0 Å². The second-order valence-corrected chi connectivity index (χ2v) is 3.17. The van der Waals surface area contributed by atoms with Gasteiger partial charge >= 0.3 is 0 Å². The zero-order valence-corrected chi connectivity index (χ0v) is 6.16. The Balaban J connectivity index is 2.14. The van der Waals surface area contributed by atoms with E-state index >= 15 is 0 Å². The molecular weight excluding hydrogens is 138 g/mol. The minimum atomic E-state index is 0.396. The number of ether oxygens (including phenoxy) is 1. The van der Waals surface area contributed by atoms with Crippen LogP contribution in [0.4, 0.5) is 0 Å². The van der Waals surface area contributed by atoms with Crippen LogP contribution in [0, 0.1) is 0 Å². The highest BCUT2D eigenvalue weighted by Gasteiger charge is 2.44. The maximum atomic E-state index is 5.46. The number of hydrogen-bond acceptors (Lipinski definition) is 2. The van der Waals surface area contributed by atoms with Gasteiger partial charge < -0.3 is 4.74 Å². The van der Waals surface area contributed by atoms with Crippen molar-refractivity contribution in [3.63, 3.8) is 0 Å². The van der Waals surface area contributed by atoms with Crippen LogP contribution in [0.15, 0.2) is 18.3 Å². The quantitative estimate of drug-likeness (QED) is 0.519. The lowest BCUT2D eigenvalue weighted by Crippen LogP contribution is -2.05. The molecule has 0 amide bonds. The third-order valence-electron chi connectivity index (χ3n) is 2.48. The van der Waals surface area contributed by atoms with E-state index in [1.165, 1.54) is 11.3 Å². The van der Waals surface area contributed by atoms with Gasteiger partial charge in [0, 0.05) is 17.5 Å². The van der Waals surface area contributed by atoms with Crippen LogP contribution in [0.3, 0.4) is 0 Å². The Morgan fingerprint density at radius 2 is 2.55 bits per heavy atom. The summed E-state index contributed by atoms with van der Waals surface area (Å²) in [5.41, 5.74) is 2.56. The van der Waals surface area contributed by atoms with Crippen molar-refractivity contribution in [2.75, 3.05) is 0 Å². The average molecular weight is 147 g/mol. The number of aromatic nitrogens is 1. The fraction of sp³-hybridized carbons (Fsp3) is 0.444. The second kappa shape index (κ2) is 1.83. The molecule has 1 fully saturated rings. The number of epoxide rings is 1. The molecule has 1 aromatic rings. The van der Waals surface area contributed by atoms with E-state index in [2.05, 4.69) is 11.1 Å². The van der Waals surface area contributed by atoms with Gasteiger partial charge in [-0.25, -0.2) is 0 Å². The monoisotopic (exact) mass is 147 g/mol. The second-order valence-electron chi connectivity index (χ2n) is 3.17. The normalized spacial score (nSPS) is 32.4. The van der Waals surface area contributed by atoms with E-state index < -0.39 is 0 Å². The number of pyridine rings is 1. The summed E-state index contributed by atoms with van der Waals surface area (Å²) in [7, 11) is 0. The van der Waals surface area contributed by atoms with E-state index in [1.807, 2.05) is 12.3 Å². The Labute approximate surface area is 65.2 Å². The summed E-state index contributed by atoms with van der Waals surface area (Å²) < 4.78 is 5.46. The molecular formula is C9H9NO. The molecule has 1 aromatic heterocycles. The summed E-state index contributed by atoms with van der Waals surface area (Å²) in [5, 5.41) is 0. The minimum Gasteiger partial charge on any atom is -0.364 e. The maximum Gasteiger partial charge on any atom is 0.111 e. The van der Waals surface area contributed by atoms with Crippen LogP contribution in [0.5, 0.6) is 0 Å². The summed E-state index contributed by atoms with van der Waals surface area (Å²) in [5.74, 6) is 0. The lowest BCUT2D eigenvalue weighted by molar-refractivity contribution is 0.373. The lowest BCUT2D eigenvalue weighted by atomic mass is 9.96. The van der Waals surface area contributed by atoms with Crippen molar-refractivity contribution in [3.8, 4) is 0 Å². The third-order valence-corrected chi connectivity index (χ3v) is 2.48. The van der Waals surface area contributed by atoms with E-state index in [9.17, 15) is 0 Å². The van der Waals surface area contributed by atoms with E-state index in [0.29, 0.717) is 12.2 Å². The molecule has 0 aromatic carbocycles. The van der Waals surface area contributed by atoms with Crippen molar-refractivity contribution in [1.82, 2.24) is 4.98 Å². The van der Waals surface area contributed by atoms with Crippen LogP contribution in [0.2, 0.25) is 0 Å². The van der Waals surface area contributed by atoms with Gasteiger partial charge in [-0.05, 0) is 18.9 Å². The topological polar surface area (TPSA) is 25.4 Å². The molecule has 11 heavy (non-hydrogen) atoms. The van der Waals surface area contributed by atoms with Crippen molar-refractivity contribution < 1.29 is 4.74 Å². The molecule has 0 bridgehead atoms. The fourth-order valence-electron chi connectivity index (χ4n) is 1.83. The summed E-state index contributed by atoms with van der Waals surface area (Å²) in [6, 6.07) is 4.12. The summed E-state index contributed by atoms with van der Waals surface area (Å²) in [6.07, 6.45) is 5.03. The molecule has 2 heterocycles. The first kappa shape index (κ1) is 5.72. The molecule has 0 N–H and O–H groups in total. The van der Waals surface area contributed by atoms with Gasteiger partial charge in [0.2, 0.25) is 0 Å². The summed E-state index contributed by atoms with van der Waals surface area (Å²) in [4.78, 5) is 4.32. The molecule has 2 atom stereocenters. The van der Waals surface area contributed by atoms with Gasteiger partial charge in [0.05, 0.1) is 6.10 Å². The molecule has 2 aliphatic rings. The van der Waals surface area contributed by atoms with Crippen molar-refractivity contribution in [2.24, 2.45) is 0 Å². The highest BCUT2D eigenvalue weighted by molar-refractivity contribution is 5.30. The van der Waals surface area contributed by atoms with Crippen molar-refractivity contribution in [1.29, 1.82) is 0 Å². The zero-order valence-electron chi connectivity index (χ0n) is 6.16. The average Bonchev–Trinajstić information content (AvgIpc) is 2.83. The minimum absolute atomic E-state index is 0.396. The number of rotatable bonds is 0. The Hall–Kier alpha value is -0.890. The first-order chi connectivity index (χ1) is 5.45. The fourth-order valence-corrected chi connectivity index (χ4v) is 1.83. The molecule has 0 saturated carbocycles. The van der Waals surface area contributed by atoms with Crippen molar-refractivity contribution in [3.05, 3.63) is 29.6 Å². The molecule has 1 saturated heterocycles. The van der Waals surface area contributed by atoms with Gasteiger partial charge in [-0.15, -0.1) is 0 Å². The van der Waals surface area contributed by atoms with Crippen molar-refractivity contribution >= 4 is 0 Å². The molecule has 0 radical (unpaired) electrons. The van der Waals surface area contributed by atoms with E-state index in [0.717, 1.165) is 12.8 Å². The number of aryl methyl sites for hydroxylation is 1. The number of nitrogens with zero attached hydrogens (tertiary/aromatic N) is 1. The zero-order chi connectivity index (χ0) is 7.26. The van der Waals surface area contributed by atoms with Gasteiger partial charge in [0.15, 0.2) is 0 Å². The predicted octanol–water partition coefficient (Wildman–Crippen LogP) is 1.47. The molecule has 1 aliphatic carbocycles. The van der Waals surface area contributed by atoms with Crippen LogP contribution in [-0.4, -0.2) is 11.1 Å². The highest BCUT2D eigenvalue weighted by Crippen LogP contribution is 2.45. The van der Waals surface area contributed by atoms with Crippen molar-refractivity contribution in [2.45, 2.75) is 25.0 Å². The standard InChI is InChI=1S/C9H9NO/c1-2-6-7(10-5-1)3-4-8-9(6)11-8/h1-2,5,8-9H,3-4H2. The molecule has 3 rings (SSSR count). The largest absolute Gasteiger partial charge is 0.364 e. The van der Waals surface area contributed by atoms with Crippen LogP contribution >= 0.6 is 0 Å². The first-order valence-electron chi connectivity index (χ1n) is 4.04. The van der Waals surface area contributed by atoms with Gasteiger partial charge in [0.1, 0.15) is 6.10 Å². The van der Waals surface area contributed by atoms with Crippen LogP contribution in [0.1, 0.15) is 23.8 Å². The van der Waals surface area contributed by atoms with Gasteiger partial charge in [-0.2, -0.15) is 0 Å². The van der Waals surface area contributed by atoms with Crippen LogP contribution in [-0.2, 0) is 11.2 Å². The van der Waals surface area contributed by atoms with Gasteiger partial charge in [-0.1, -0.05) is 6.07 Å². The van der Waals surface area contributed by atoms with Crippen LogP contribution < -0.4 is 0 Å². The molecule has 2 nitrogen and oxygen atoms in total. The van der Waals surface area contributed by atoms with Crippen LogP contribution in [0.25, 0.3) is 0 Å². The molecule has 0 spiro atoms. The molecule has 1 aliphatic heterocycles. The lowest BCUT2D eigenvalue weighted by Gasteiger charge is -2.08. The van der Waals surface area contributed by atoms with Gasteiger partial charge in [-0.3, -0.25) is 4.98 Å². The first-order valence-corrected chi connectivity index (χ1v) is 4.04. The van der Waals surface area contributed by atoms with E-state index in [-0.39, 0.29) is 0 Å². The predicted molar refractivity (Wildman–Crippen MR) is 40.2 cm³/mol. The third kappa shape index (κ3) is 0.730.